The fraction of sp³-hybridized carbons (Fsp3) is 0.0833. The average Bonchev–Trinajstić information content (AvgIpc) is 2.85. The molecule has 0 aliphatic rings. The van der Waals surface area contributed by atoms with E-state index in [9.17, 15) is 14.0 Å². The van der Waals surface area contributed by atoms with E-state index >= 15 is 0 Å². The molecule has 0 unspecified atom stereocenters. The molecule has 2 N–H and O–H groups in total. The fourth-order valence-corrected chi connectivity index (χ4v) is 2.38. The third kappa shape index (κ3) is 3.31. The highest BCUT2D eigenvalue weighted by Crippen LogP contribution is 2.17. The molecule has 0 saturated carbocycles. The predicted molar refractivity (Wildman–Crippen MR) is 71.7 cm³/mol. The number of rotatable bonds is 4. The topological polar surface area (TPSA) is 79.3 Å². The van der Waals surface area contributed by atoms with Crippen LogP contribution in [0.1, 0.15) is 25.9 Å². The van der Waals surface area contributed by atoms with Crippen molar-refractivity contribution in [3.05, 3.63) is 50.7 Å². The van der Waals surface area contributed by atoms with Crippen LogP contribution in [0.25, 0.3) is 0 Å². The van der Waals surface area contributed by atoms with E-state index in [2.05, 4.69) is 10.3 Å². The summed E-state index contributed by atoms with van der Waals surface area (Å²) < 4.78 is 12.9. The number of nitrogens with one attached hydrogen (secondary N) is 1. The van der Waals surface area contributed by atoms with Gasteiger partial charge in [0, 0.05) is 5.38 Å². The Morgan fingerprint density at radius 3 is 2.80 bits per heavy atom. The summed E-state index contributed by atoms with van der Waals surface area (Å²) >= 11 is 6.88. The first-order valence-electron chi connectivity index (χ1n) is 5.38. The van der Waals surface area contributed by atoms with E-state index in [-0.39, 0.29) is 22.8 Å². The zero-order valence-corrected chi connectivity index (χ0v) is 11.5. The Morgan fingerprint density at radius 2 is 2.20 bits per heavy atom. The third-order valence-corrected chi connectivity index (χ3v) is 3.51. The molecule has 1 amide bonds. The van der Waals surface area contributed by atoms with Crippen LogP contribution < -0.4 is 5.32 Å². The van der Waals surface area contributed by atoms with Crippen molar-refractivity contribution in [2.24, 2.45) is 0 Å². The maximum Gasteiger partial charge on any atom is 0.355 e. The lowest BCUT2D eigenvalue weighted by Gasteiger charge is -2.05. The molecule has 1 aromatic heterocycles. The number of nitrogens with zero attached hydrogens (tertiary/aromatic N) is 1. The summed E-state index contributed by atoms with van der Waals surface area (Å²) in [7, 11) is 0. The first kappa shape index (κ1) is 14.4. The molecule has 0 saturated heterocycles. The molecule has 2 rings (SSSR count). The van der Waals surface area contributed by atoms with Gasteiger partial charge in [0.2, 0.25) is 0 Å². The highest BCUT2D eigenvalue weighted by molar-refractivity contribution is 7.09. The van der Waals surface area contributed by atoms with Gasteiger partial charge < -0.3 is 10.4 Å². The summed E-state index contributed by atoms with van der Waals surface area (Å²) in [5, 5.41) is 13.1. The van der Waals surface area contributed by atoms with Gasteiger partial charge in [-0.15, -0.1) is 11.3 Å². The van der Waals surface area contributed by atoms with Crippen molar-refractivity contribution < 1.29 is 19.1 Å². The number of aromatic carboxylic acids is 1. The van der Waals surface area contributed by atoms with Crippen molar-refractivity contribution >= 4 is 34.8 Å². The highest BCUT2D eigenvalue weighted by atomic mass is 35.5. The molecule has 0 atom stereocenters. The van der Waals surface area contributed by atoms with Gasteiger partial charge in [0.05, 0.1) is 17.1 Å². The van der Waals surface area contributed by atoms with Crippen molar-refractivity contribution in [1.82, 2.24) is 10.3 Å². The normalized spacial score (nSPS) is 10.3. The van der Waals surface area contributed by atoms with Crippen LogP contribution in [0.15, 0.2) is 23.6 Å². The largest absolute Gasteiger partial charge is 0.476 e. The van der Waals surface area contributed by atoms with E-state index in [0.717, 1.165) is 23.5 Å². The average molecular weight is 315 g/mol. The number of halogens is 2. The molecule has 1 heterocycles. The van der Waals surface area contributed by atoms with Gasteiger partial charge in [-0.05, 0) is 18.2 Å². The molecule has 0 spiro atoms. The second-order valence-corrected chi connectivity index (χ2v) is 5.09. The first-order chi connectivity index (χ1) is 9.47. The summed E-state index contributed by atoms with van der Waals surface area (Å²) in [5.41, 5.74) is 0.0714. The van der Waals surface area contributed by atoms with Crippen LogP contribution in [0.4, 0.5) is 4.39 Å². The third-order valence-electron chi connectivity index (χ3n) is 2.35. The molecule has 0 fully saturated rings. The number of thiazole rings is 1. The van der Waals surface area contributed by atoms with Crippen molar-refractivity contribution in [2.45, 2.75) is 6.54 Å². The van der Waals surface area contributed by atoms with Gasteiger partial charge in [0.15, 0.2) is 5.69 Å². The van der Waals surface area contributed by atoms with E-state index in [0.29, 0.717) is 5.01 Å². The second-order valence-electron chi connectivity index (χ2n) is 3.74. The van der Waals surface area contributed by atoms with Crippen LogP contribution in [0.2, 0.25) is 5.02 Å². The lowest BCUT2D eigenvalue weighted by atomic mass is 10.2. The number of amides is 1. The Hall–Kier alpha value is -1.99. The molecule has 0 aliphatic heterocycles. The molecule has 0 aliphatic carbocycles. The van der Waals surface area contributed by atoms with E-state index in [1.807, 2.05) is 0 Å². The van der Waals surface area contributed by atoms with E-state index in [1.54, 1.807) is 0 Å². The molecule has 1 aromatic carbocycles. The fourth-order valence-electron chi connectivity index (χ4n) is 1.42. The zero-order chi connectivity index (χ0) is 14.7. The number of carbonyl (C=O) groups is 2. The summed E-state index contributed by atoms with van der Waals surface area (Å²) in [5.74, 6) is -2.14. The number of benzene rings is 1. The molecule has 20 heavy (non-hydrogen) atoms. The van der Waals surface area contributed by atoms with Gasteiger partial charge in [-0.1, -0.05) is 11.6 Å². The van der Waals surface area contributed by atoms with Gasteiger partial charge >= 0.3 is 5.97 Å². The van der Waals surface area contributed by atoms with Gasteiger partial charge in [-0.2, -0.15) is 0 Å². The van der Waals surface area contributed by atoms with E-state index < -0.39 is 17.7 Å². The summed E-state index contributed by atoms with van der Waals surface area (Å²) in [6.07, 6.45) is 0. The quantitative estimate of drug-likeness (QED) is 0.909. The smallest absolute Gasteiger partial charge is 0.355 e. The number of hydrogen-bond acceptors (Lipinski definition) is 4. The molecular weight excluding hydrogens is 307 g/mol. The van der Waals surface area contributed by atoms with Crippen LogP contribution >= 0.6 is 22.9 Å². The minimum absolute atomic E-state index is 0.00728. The van der Waals surface area contributed by atoms with Crippen LogP contribution in [0, 0.1) is 5.82 Å². The molecule has 2 aromatic rings. The molecule has 104 valence electrons. The second kappa shape index (κ2) is 5.98. The molecular formula is C12H8ClFN2O3S. The van der Waals surface area contributed by atoms with Crippen molar-refractivity contribution in [3.8, 4) is 0 Å². The van der Waals surface area contributed by atoms with Gasteiger partial charge in [-0.25, -0.2) is 14.2 Å². The molecule has 0 radical (unpaired) electrons. The summed E-state index contributed by atoms with van der Waals surface area (Å²) in [6.45, 7) is 0.0739. The number of hydrogen-bond donors (Lipinski definition) is 2. The molecule has 0 bridgehead atoms. The van der Waals surface area contributed by atoms with Gasteiger partial charge in [-0.3, -0.25) is 4.79 Å². The Morgan fingerprint density at radius 1 is 1.45 bits per heavy atom. The highest BCUT2D eigenvalue weighted by Gasteiger charge is 2.13. The molecule has 5 nitrogen and oxygen atoms in total. The van der Waals surface area contributed by atoms with Gasteiger partial charge in [0.25, 0.3) is 5.91 Å². The lowest BCUT2D eigenvalue weighted by Crippen LogP contribution is -2.23. The maximum atomic E-state index is 12.9. The van der Waals surface area contributed by atoms with Crippen molar-refractivity contribution in [3.63, 3.8) is 0 Å². The maximum absolute atomic E-state index is 12.9. The minimum atomic E-state index is -1.12. The summed E-state index contributed by atoms with van der Waals surface area (Å²) in [4.78, 5) is 26.3. The van der Waals surface area contributed by atoms with Gasteiger partial charge in [0.1, 0.15) is 10.8 Å². The Kier molecular flexibility index (Phi) is 4.31. The van der Waals surface area contributed by atoms with E-state index in [4.69, 9.17) is 16.7 Å². The number of carboxylic acid groups (broad SMARTS) is 1. The summed E-state index contributed by atoms with van der Waals surface area (Å²) in [6, 6.07) is 3.45. The SMILES string of the molecule is O=C(O)c1csc(CNC(=O)c2ccc(F)cc2Cl)n1. The number of carboxylic acids is 1. The van der Waals surface area contributed by atoms with Crippen LogP contribution in [-0.4, -0.2) is 22.0 Å². The first-order valence-corrected chi connectivity index (χ1v) is 6.64. The monoisotopic (exact) mass is 314 g/mol. The Labute approximate surface area is 122 Å². The van der Waals surface area contributed by atoms with E-state index in [1.165, 1.54) is 11.4 Å². The van der Waals surface area contributed by atoms with Crippen LogP contribution in [0.5, 0.6) is 0 Å². The number of carbonyl (C=O) groups excluding carboxylic acids is 1. The lowest BCUT2D eigenvalue weighted by molar-refractivity contribution is 0.0691. The van der Waals surface area contributed by atoms with Crippen LogP contribution in [-0.2, 0) is 6.54 Å². The standard InChI is InChI=1S/C12H8ClFN2O3S/c13-8-3-6(14)1-2-7(8)11(17)15-4-10-16-9(5-20-10)12(18)19/h1-3,5H,4H2,(H,15,17)(H,18,19). The number of aromatic nitrogens is 1. The Bertz CT molecular complexity index is 674. The molecule has 8 heteroatoms. The van der Waals surface area contributed by atoms with Crippen molar-refractivity contribution in [2.75, 3.05) is 0 Å². The Balaban J connectivity index is 2.02. The minimum Gasteiger partial charge on any atom is -0.476 e. The van der Waals surface area contributed by atoms with Crippen LogP contribution in [0.3, 0.4) is 0 Å². The zero-order valence-electron chi connectivity index (χ0n) is 9.89. The predicted octanol–water partition coefficient (Wildman–Crippen LogP) is 2.56. The van der Waals surface area contributed by atoms with Crippen molar-refractivity contribution in [1.29, 1.82) is 0 Å².